The highest BCUT2D eigenvalue weighted by atomic mass is 16.2. The number of nitrogens with two attached hydrogens (primary N) is 2. The third kappa shape index (κ3) is 4.59. The Labute approximate surface area is 96.3 Å². The first kappa shape index (κ1) is 14.9. The zero-order chi connectivity index (χ0) is 12.9. The molecule has 0 rings (SSSR count). The van der Waals surface area contributed by atoms with Gasteiger partial charge in [0.15, 0.2) is 0 Å². The van der Waals surface area contributed by atoms with E-state index in [1.807, 2.05) is 18.7 Å². The number of carbonyl (C=O) groups excluding carboxylic acids is 2. The molecule has 2 amide bonds. The molecule has 0 radical (unpaired) electrons. The van der Waals surface area contributed by atoms with Crippen molar-refractivity contribution in [2.45, 2.75) is 33.7 Å². The maximum absolute atomic E-state index is 11.5. The second kappa shape index (κ2) is 5.81. The van der Waals surface area contributed by atoms with Gasteiger partial charge < -0.3 is 5.73 Å². The molecule has 94 valence electrons. The highest BCUT2D eigenvalue weighted by Crippen LogP contribution is 2.18. The van der Waals surface area contributed by atoms with Crippen LogP contribution in [0.1, 0.15) is 27.7 Å². The van der Waals surface area contributed by atoms with E-state index in [0.29, 0.717) is 6.54 Å². The largest absolute Gasteiger partial charge is 0.369 e. The van der Waals surface area contributed by atoms with Crippen LogP contribution in [0.5, 0.6) is 0 Å². The standard InChI is InChI=1S/C10H22N4O2/c1-7(2)14(5-8(11)15)6-10(3,4)9(16)13-12/h7H,5-6,12H2,1-4H3,(H2,11,15)(H,13,16). The van der Waals surface area contributed by atoms with Crippen LogP contribution in [0, 0.1) is 5.41 Å². The summed E-state index contributed by atoms with van der Waals surface area (Å²) in [6.45, 7) is 7.99. The molecule has 0 fully saturated rings. The predicted octanol–water partition coefficient (Wildman–Crippen LogP) is -0.802. The quantitative estimate of drug-likeness (QED) is 0.316. The average Bonchev–Trinajstić information content (AvgIpc) is 2.14. The van der Waals surface area contributed by atoms with Gasteiger partial charge in [-0.15, -0.1) is 0 Å². The van der Waals surface area contributed by atoms with Crippen LogP contribution in [0.3, 0.4) is 0 Å². The van der Waals surface area contributed by atoms with Gasteiger partial charge in [-0.1, -0.05) is 0 Å². The molecule has 0 bridgehead atoms. The van der Waals surface area contributed by atoms with Crippen LogP contribution >= 0.6 is 0 Å². The Morgan fingerprint density at radius 1 is 1.38 bits per heavy atom. The summed E-state index contributed by atoms with van der Waals surface area (Å²) < 4.78 is 0. The van der Waals surface area contributed by atoms with E-state index in [-0.39, 0.29) is 18.5 Å². The minimum absolute atomic E-state index is 0.136. The molecule has 6 nitrogen and oxygen atoms in total. The molecule has 0 unspecified atom stereocenters. The van der Waals surface area contributed by atoms with Crippen molar-refractivity contribution in [3.8, 4) is 0 Å². The lowest BCUT2D eigenvalue weighted by molar-refractivity contribution is -0.131. The highest BCUT2D eigenvalue weighted by Gasteiger charge is 2.30. The first-order chi connectivity index (χ1) is 7.20. The Bertz CT molecular complexity index is 264. The number of hydrogen-bond donors (Lipinski definition) is 3. The van der Waals surface area contributed by atoms with E-state index in [2.05, 4.69) is 5.43 Å². The van der Waals surface area contributed by atoms with Crippen molar-refractivity contribution < 1.29 is 9.59 Å². The molecule has 5 N–H and O–H groups in total. The number of carbonyl (C=O) groups is 2. The van der Waals surface area contributed by atoms with Crippen LogP contribution in [0.4, 0.5) is 0 Å². The molecule has 0 saturated carbocycles. The normalized spacial score (nSPS) is 11.9. The molecule has 0 aliphatic heterocycles. The molecule has 0 aromatic rings. The van der Waals surface area contributed by atoms with Gasteiger partial charge in [0.05, 0.1) is 12.0 Å². The molecule has 0 saturated heterocycles. The second-order valence-electron chi connectivity index (χ2n) is 4.82. The van der Waals surface area contributed by atoms with Crippen molar-refractivity contribution in [3.05, 3.63) is 0 Å². The maximum Gasteiger partial charge on any atom is 0.240 e. The minimum Gasteiger partial charge on any atom is -0.369 e. The fourth-order valence-corrected chi connectivity index (χ4v) is 1.40. The molecule has 16 heavy (non-hydrogen) atoms. The number of nitrogens with zero attached hydrogens (tertiary/aromatic N) is 1. The van der Waals surface area contributed by atoms with E-state index in [1.54, 1.807) is 13.8 Å². The molecule has 0 spiro atoms. The van der Waals surface area contributed by atoms with Crippen LogP contribution in [-0.4, -0.2) is 35.8 Å². The summed E-state index contributed by atoms with van der Waals surface area (Å²) in [6.07, 6.45) is 0. The second-order valence-corrected chi connectivity index (χ2v) is 4.82. The van der Waals surface area contributed by atoms with Gasteiger partial charge in [-0.3, -0.25) is 19.9 Å². The summed E-state index contributed by atoms with van der Waals surface area (Å²) in [4.78, 5) is 24.2. The van der Waals surface area contributed by atoms with Crippen molar-refractivity contribution >= 4 is 11.8 Å². The number of amides is 2. The molecule has 0 aliphatic rings. The number of primary amides is 1. The van der Waals surface area contributed by atoms with Crippen LogP contribution in [0.25, 0.3) is 0 Å². The Hall–Kier alpha value is -1.14. The number of hydrogen-bond acceptors (Lipinski definition) is 4. The van der Waals surface area contributed by atoms with Gasteiger partial charge >= 0.3 is 0 Å². The van der Waals surface area contributed by atoms with E-state index in [9.17, 15) is 9.59 Å². The summed E-state index contributed by atoms with van der Waals surface area (Å²) in [5.74, 6) is 4.44. The van der Waals surface area contributed by atoms with Crippen molar-refractivity contribution in [2.75, 3.05) is 13.1 Å². The topological polar surface area (TPSA) is 101 Å². The highest BCUT2D eigenvalue weighted by molar-refractivity contribution is 5.81. The Morgan fingerprint density at radius 3 is 2.19 bits per heavy atom. The predicted molar refractivity (Wildman–Crippen MR) is 62.0 cm³/mol. The van der Waals surface area contributed by atoms with Crippen LogP contribution < -0.4 is 17.0 Å². The van der Waals surface area contributed by atoms with Gasteiger partial charge in [-0.05, 0) is 27.7 Å². The molecule has 0 heterocycles. The molecule has 0 aromatic heterocycles. The summed E-state index contributed by atoms with van der Waals surface area (Å²) in [6, 6.07) is 0.136. The summed E-state index contributed by atoms with van der Waals surface area (Å²) in [5, 5.41) is 0. The first-order valence-corrected chi connectivity index (χ1v) is 5.24. The van der Waals surface area contributed by atoms with Crippen LogP contribution in [0.2, 0.25) is 0 Å². The van der Waals surface area contributed by atoms with Crippen LogP contribution in [0.15, 0.2) is 0 Å². The van der Waals surface area contributed by atoms with Gasteiger partial charge in [0, 0.05) is 12.6 Å². The Morgan fingerprint density at radius 2 is 1.88 bits per heavy atom. The van der Waals surface area contributed by atoms with E-state index in [0.717, 1.165) is 0 Å². The summed E-state index contributed by atoms with van der Waals surface area (Å²) in [5.41, 5.74) is 6.62. The third-order valence-corrected chi connectivity index (χ3v) is 2.43. The zero-order valence-corrected chi connectivity index (χ0v) is 10.4. The van der Waals surface area contributed by atoms with E-state index in [4.69, 9.17) is 11.6 Å². The monoisotopic (exact) mass is 230 g/mol. The molecule has 0 atom stereocenters. The molecule has 0 aliphatic carbocycles. The van der Waals surface area contributed by atoms with Gasteiger partial charge in [0.2, 0.25) is 11.8 Å². The van der Waals surface area contributed by atoms with Gasteiger partial charge in [0.1, 0.15) is 0 Å². The van der Waals surface area contributed by atoms with E-state index in [1.165, 1.54) is 0 Å². The number of nitrogens with one attached hydrogen (secondary N) is 1. The fourth-order valence-electron chi connectivity index (χ4n) is 1.40. The summed E-state index contributed by atoms with van der Waals surface area (Å²) in [7, 11) is 0. The van der Waals surface area contributed by atoms with E-state index >= 15 is 0 Å². The molecular weight excluding hydrogens is 208 g/mol. The van der Waals surface area contributed by atoms with Crippen molar-refractivity contribution in [1.29, 1.82) is 0 Å². The lowest BCUT2D eigenvalue weighted by atomic mass is 9.91. The van der Waals surface area contributed by atoms with Gasteiger partial charge in [0.25, 0.3) is 0 Å². The number of hydrazine groups is 1. The molecular formula is C10H22N4O2. The number of rotatable bonds is 6. The Balaban J connectivity index is 4.61. The van der Waals surface area contributed by atoms with Gasteiger partial charge in [-0.25, -0.2) is 5.84 Å². The molecule has 0 aromatic carbocycles. The minimum atomic E-state index is -0.658. The maximum atomic E-state index is 11.5. The van der Waals surface area contributed by atoms with Crippen molar-refractivity contribution in [3.63, 3.8) is 0 Å². The average molecular weight is 230 g/mol. The van der Waals surface area contributed by atoms with Crippen LogP contribution in [-0.2, 0) is 9.59 Å². The fraction of sp³-hybridized carbons (Fsp3) is 0.800. The van der Waals surface area contributed by atoms with Crippen molar-refractivity contribution in [1.82, 2.24) is 10.3 Å². The van der Waals surface area contributed by atoms with Crippen molar-refractivity contribution in [2.24, 2.45) is 17.0 Å². The third-order valence-electron chi connectivity index (χ3n) is 2.43. The van der Waals surface area contributed by atoms with E-state index < -0.39 is 11.3 Å². The lowest BCUT2D eigenvalue weighted by Gasteiger charge is -2.33. The SMILES string of the molecule is CC(C)N(CC(N)=O)CC(C)(C)C(=O)NN. The molecule has 6 heteroatoms. The van der Waals surface area contributed by atoms with Gasteiger partial charge in [-0.2, -0.15) is 0 Å². The lowest BCUT2D eigenvalue weighted by Crippen LogP contribution is -2.50. The zero-order valence-electron chi connectivity index (χ0n) is 10.4. The Kier molecular flexibility index (Phi) is 5.40. The first-order valence-electron chi connectivity index (χ1n) is 5.24. The summed E-state index contributed by atoms with van der Waals surface area (Å²) >= 11 is 0. The smallest absolute Gasteiger partial charge is 0.240 e.